The normalized spacial score (nSPS) is 10.0. The van der Waals surface area contributed by atoms with E-state index in [4.69, 9.17) is 15.7 Å². The highest BCUT2D eigenvalue weighted by atomic mass is 32.1. The molecule has 14 heavy (non-hydrogen) atoms. The minimum absolute atomic E-state index is 0.533. The van der Waals surface area contributed by atoms with E-state index >= 15 is 0 Å². The lowest BCUT2D eigenvalue weighted by atomic mass is 10.1. The van der Waals surface area contributed by atoms with Gasteiger partial charge < -0.3 is 10.5 Å². The molecule has 0 aliphatic heterocycles. The number of fused-ring (bicyclic) bond motifs is 1. The van der Waals surface area contributed by atoms with Crippen molar-refractivity contribution < 1.29 is 4.74 Å². The summed E-state index contributed by atoms with van der Waals surface area (Å²) in [4.78, 5) is 0. The van der Waals surface area contributed by atoms with Crippen LogP contribution in [0.5, 0.6) is 5.06 Å². The summed E-state index contributed by atoms with van der Waals surface area (Å²) in [5, 5.41) is 10.4. The first-order valence-electron chi connectivity index (χ1n) is 4.03. The summed E-state index contributed by atoms with van der Waals surface area (Å²) in [7, 11) is 1.56. The van der Waals surface area contributed by atoms with Crippen LogP contribution in [0.15, 0.2) is 18.2 Å². The zero-order chi connectivity index (χ0) is 10.1. The van der Waals surface area contributed by atoms with Gasteiger partial charge in [0.15, 0.2) is 5.06 Å². The first-order chi connectivity index (χ1) is 6.77. The molecule has 2 rings (SSSR count). The highest BCUT2D eigenvalue weighted by Gasteiger charge is 2.13. The SMILES string of the molecule is COc1sc2cccc(N)c2c1C#N. The molecule has 0 saturated carbocycles. The molecule has 2 N–H and O–H groups in total. The van der Waals surface area contributed by atoms with E-state index < -0.39 is 0 Å². The Bertz CT molecular complexity index is 525. The number of anilines is 1. The molecule has 70 valence electrons. The lowest BCUT2D eigenvalue weighted by Gasteiger charge is -1.95. The van der Waals surface area contributed by atoms with Crippen molar-refractivity contribution >= 4 is 27.1 Å². The minimum Gasteiger partial charge on any atom is -0.486 e. The lowest BCUT2D eigenvalue weighted by molar-refractivity contribution is 0.426. The number of hydrogen-bond acceptors (Lipinski definition) is 4. The maximum atomic E-state index is 8.98. The Labute approximate surface area is 85.3 Å². The van der Waals surface area contributed by atoms with Crippen LogP contribution >= 0.6 is 11.3 Å². The molecule has 0 fully saturated rings. The van der Waals surface area contributed by atoms with Gasteiger partial charge in [-0.05, 0) is 12.1 Å². The van der Waals surface area contributed by atoms with Crippen molar-refractivity contribution in [3.05, 3.63) is 23.8 Å². The first kappa shape index (κ1) is 8.85. The van der Waals surface area contributed by atoms with Crippen molar-refractivity contribution in [3.8, 4) is 11.1 Å². The molecule has 1 aromatic heterocycles. The maximum absolute atomic E-state index is 8.98. The van der Waals surface area contributed by atoms with Crippen molar-refractivity contribution in [1.82, 2.24) is 0 Å². The summed E-state index contributed by atoms with van der Waals surface area (Å²) in [6, 6.07) is 7.70. The van der Waals surface area contributed by atoms with Gasteiger partial charge in [-0.15, -0.1) is 0 Å². The van der Waals surface area contributed by atoms with Crippen molar-refractivity contribution in [1.29, 1.82) is 5.26 Å². The number of nitrogen functional groups attached to an aromatic ring is 1. The molecule has 0 aliphatic carbocycles. The molecule has 1 heterocycles. The zero-order valence-electron chi connectivity index (χ0n) is 7.57. The predicted octanol–water partition coefficient (Wildman–Crippen LogP) is 2.36. The largest absolute Gasteiger partial charge is 0.486 e. The predicted molar refractivity (Wildman–Crippen MR) is 57.5 cm³/mol. The van der Waals surface area contributed by atoms with Gasteiger partial charge in [0.25, 0.3) is 0 Å². The van der Waals surface area contributed by atoms with Crippen LogP contribution in [-0.2, 0) is 0 Å². The summed E-state index contributed by atoms with van der Waals surface area (Å²) in [6.07, 6.45) is 0. The number of nitrogens with zero attached hydrogens (tertiary/aromatic N) is 1. The summed E-state index contributed by atoms with van der Waals surface area (Å²) < 4.78 is 6.10. The van der Waals surface area contributed by atoms with Crippen LogP contribution < -0.4 is 10.5 Å². The fourth-order valence-corrected chi connectivity index (χ4v) is 2.40. The standard InChI is InChI=1S/C10H8N2OS/c1-13-10-6(5-11)9-7(12)3-2-4-8(9)14-10/h2-4H,12H2,1H3. The molecular weight excluding hydrogens is 196 g/mol. The van der Waals surface area contributed by atoms with Gasteiger partial charge in [-0.2, -0.15) is 5.26 Å². The number of ether oxygens (including phenoxy) is 1. The van der Waals surface area contributed by atoms with E-state index in [2.05, 4.69) is 6.07 Å². The molecule has 3 nitrogen and oxygen atoms in total. The molecule has 0 radical (unpaired) electrons. The minimum atomic E-state index is 0.533. The number of nitrogens with two attached hydrogens (primary N) is 1. The van der Waals surface area contributed by atoms with Crippen LogP contribution in [0.1, 0.15) is 5.56 Å². The molecule has 0 bridgehead atoms. The Morgan fingerprint density at radius 1 is 1.50 bits per heavy atom. The highest BCUT2D eigenvalue weighted by Crippen LogP contribution is 2.39. The lowest BCUT2D eigenvalue weighted by Crippen LogP contribution is -1.87. The van der Waals surface area contributed by atoms with E-state index in [0.29, 0.717) is 16.3 Å². The number of rotatable bonds is 1. The number of benzene rings is 1. The molecule has 2 aromatic rings. The van der Waals surface area contributed by atoms with Crippen molar-refractivity contribution in [3.63, 3.8) is 0 Å². The van der Waals surface area contributed by atoms with E-state index in [1.54, 1.807) is 13.2 Å². The fourth-order valence-electron chi connectivity index (χ4n) is 1.40. The van der Waals surface area contributed by atoms with Crippen LogP contribution in [0, 0.1) is 11.3 Å². The van der Waals surface area contributed by atoms with Gasteiger partial charge in [-0.1, -0.05) is 17.4 Å². The highest BCUT2D eigenvalue weighted by molar-refractivity contribution is 7.21. The van der Waals surface area contributed by atoms with Gasteiger partial charge >= 0.3 is 0 Å². The van der Waals surface area contributed by atoms with Gasteiger partial charge in [0.2, 0.25) is 0 Å². The van der Waals surface area contributed by atoms with Crippen LogP contribution in [0.25, 0.3) is 10.1 Å². The Balaban J connectivity index is 2.90. The van der Waals surface area contributed by atoms with Crippen LogP contribution in [-0.4, -0.2) is 7.11 Å². The fraction of sp³-hybridized carbons (Fsp3) is 0.100. The number of nitriles is 1. The molecule has 0 amide bonds. The maximum Gasteiger partial charge on any atom is 0.192 e. The zero-order valence-corrected chi connectivity index (χ0v) is 8.39. The van der Waals surface area contributed by atoms with Gasteiger partial charge in [-0.3, -0.25) is 0 Å². The topological polar surface area (TPSA) is 59.0 Å². The quantitative estimate of drug-likeness (QED) is 0.725. The van der Waals surface area contributed by atoms with E-state index in [1.807, 2.05) is 12.1 Å². The van der Waals surface area contributed by atoms with Crippen molar-refractivity contribution in [2.45, 2.75) is 0 Å². The molecule has 1 aromatic carbocycles. The Kier molecular flexibility index (Phi) is 2.02. The second-order valence-corrected chi connectivity index (χ2v) is 3.82. The van der Waals surface area contributed by atoms with Crippen molar-refractivity contribution in [2.24, 2.45) is 0 Å². The van der Waals surface area contributed by atoms with Gasteiger partial charge in [0.1, 0.15) is 11.6 Å². The third kappa shape index (κ3) is 1.10. The van der Waals surface area contributed by atoms with Crippen LogP contribution in [0.4, 0.5) is 5.69 Å². The average molecular weight is 204 g/mol. The third-order valence-corrected chi connectivity index (χ3v) is 3.13. The average Bonchev–Trinajstić information content (AvgIpc) is 2.56. The summed E-state index contributed by atoms with van der Waals surface area (Å²) in [5.74, 6) is 0. The second kappa shape index (κ2) is 3.20. The van der Waals surface area contributed by atoms with Gasteiger partial charge in [0.05, 0.1) is 7.11 Å². The monoisotopic (exact) mass is 204 g/mol. The Hall–Kier alpha value is -1.73. The van der Waals surface area contributed by atoms with Crippen molar-refractivity contribution in [2.75, 3.05) is 12.8 Å². The molecular formula is C10H8N2OS. The summed E-state index contributed by atoms with van der Waals surface area (Å²) >= 11 is 1.44. The van der Waals surface area contributed by atoms with Crippen LogP contribution in [0.3, 0.4) is 0 Å². The van der Waals surface area contributed by atoms with Crippen LogP contribution in [0.2, 0.25) is 0 Å². The van der Waals surface area contributed by atoms with E-state index in [9.17, 15) is 0 Å². The molecule has 0 saturated heterocycles. The molecule has 0 atom stereocenters. The Morgan fingerprint density at radius 2 is 2.29 bits per heavy atom. The second-order valence-electron chi connectivity index (χ2n) is 2.80. The van der Waals surface area contributed by atoms with E-state index in [1.165, 1.54) is 11.3 Å². The van der Waals surface area contributed by atoms with Gasteiger partial charge in [0, 0.05) is 15.8 Å². The molecule has 0 aliphatic rings. The smallest absolute Gasteiger partial charge is 0.192 e. The van der Waals surface area contributed by atoms with E-state index in [-0.39, 0.29) is 0 Å². The number of hydrogen-bond donors (Lipinski definition) is 1. The van der Waals surface area contributed by atoms with E-state index in [0.717, 1.165) is 10.1 Å². The number of methoxy groups -OCH3 is 1. The first-order valence-corrected chi connectivity index (χ1v) is 4.84. The molecule has 4 heteroatoms. The number of thiophene rings is 1. The summed E-state index contributed by atoms with van der Waals surface area (Å²) in [6.45, 7) is 0. The molecule has 0 spiro atoms. The van der Waals surface area contributed by atoms with Gasteiger partial charge in [-0.25, -0.2) is 0 Å². The third-order valence-electron chi connectivity index (χ3n) is 2.01. The Morgan fingerprint density at radius 3 is 2.93 bits per heavy atom. The summed E-state index contributed by atoms with van der Waals surface area (Å²) in [5.41, 5.74) is 6.96. The molecule has 0 unspecified atom stereocenters.